The van der Waals surface area contributed by atoms with Crippen molar-refractivity contribution in [3.63, 3.8) is 0 Å². The highest BCUT2D eigenvalue weighted by Crippen LogP contribution is 2.35. The summed E-state index contributed by atoms with van der Waals surface area (Å²) in [6.45, 7) is 1.90. The molecule has 0 spiro atoms. The van der Waals surface area contributed by atoms with Crippen molar-refractivity contribution in [1.29, 1.82) is 0 Å². The van der Waals surface area contributed by atoms with E-state index in [0.717, 1.165) is 15.8 Å². The zero-order chi connectivity index (χ0) is 15.4. The third-order valence-electron chi connectivity index (χ3n) is 3.52. The number of aryl methyl sites for hydroxylation is 1. The number of nitrogens with two attached hydrogens (primary N) is 1. The number of carbonyl (C=O) groups excluding carboxylic acids is 1. The molecule has 1 aliphatic heterocycles. The number of thiazole rings is 1. The average Bonchev–Trinajstić information content (AvgIpc) is 2.97. The molecule has 2 N–H and O–H groups in total. The molecule has 6 nitrogen and oxygen atoms in total. The van der Waals surface area contributed by atoms with Crippen LogP contribution in [-0.4, -0.2) is 31.1 Å². The van der Waals surface area contributed by atoms with Crippen molar-refractivity contribution < 1.29 is 13.2 Å². The summed E-state index contributed by atoms with van der Waals surface area (Å²) in [5.41, 5.74) is 1.57. The lowest BCUT2D eigenvalue weighted by Crippen LogP contribution is -2.32. The topological polar surface area (TPSA) is 93.4 Å². The van der Waals surface area contributed by atoms with Crippen molar-refractivity contribution in [3.8, 4) is 0 Å². The number of primary sulfonamides is 1. The number of carbonyl (C=O) groups is 1. The maximum atomic E-state index is 12.0. The minimum atomic E-state index is -3.73. The van der Waals surface area contributed by atoms with E-state index in [1.807, 2.05) is 13.0 Å². The molecule has 1 aliphatic rings. The normalized spacial score (nSPS) is 19.7. The van der Waals surface area contributed by atoms with E-state index >= 15 is 0 Å². The standard InChI is InChI=1S/C12H12ClN3O3S2/c1-6-8(13)2-3-9-11(6)15-12(20-9)16-5-7(4-10(16)17)21(14,18)19/h2-3,7H,4-5H2,1H3,(H2,14,18,19). The van der Waals surface area contributed by atoms with Crippen LogP contribution in [0.4, 0.5) is 5.13 Å². The molecule has 1 unspecified atom stereocenters. The number of hydrogen-bond acceptors (Lipinski definition) is 5. The number of nitrogens with zero attached hydrogens (tertiary/aromatic N) is 2. The Hall–Kier alpha value is -1.22. The van der Waals surface area contributed by atoms with Gasteiger partial charge in [0.2, 0.25) is 15.9 Å². The molecule has 0 radical (unpaired) electrons. The van der Waals surface area contributed by atoms with Crippen molar-refractivity contribution in [2.75, 3.05) is 11.4 Å². The van der Waals surface area contributed by atoms with Crippen LogP contribution in [0.1, 0.15) is 12.0 Å². The number of hydrogen-bond donors (Lipinski definition) is 1. The van der Waals surface area contributed by atoms with Gasteiger partial charge in [-0.25, -0.2) is 18.5 Å². The Bertz CT molecular complexity index is 847. The summed E-state index contributed by atoms with van der Waals surface area (Å²) >= 11 is 7.39. The number of rotatable bonds is 2. The molecule has 1 atom stereocenters. The van der Waals surface area contributed by atoms with Crippen LogP contribution in [0.25, 0.3) is 10.2 Å². The summed E-state index contributed by atoms with van der Waals surface area (Å²) in [4.78, 5) is 17.8. The van der Waals surface area contributed by atoms with E-state index < -0.39 is 15.3 Å². The highest BCUT2D eigenvalue weighted by Gasteiger charge is 2.38. The van der Waals surface area contributed by atoms with Crippen molar-refractivity contribution >= 4 is 54.2 Å². The SMILES string of the molecule is Cc1c(Cl)ccc2sc(N3CC(S(N)(=O)=O)CC3=O)nc12. The number of amides is 1. The van der Waals surface area contributed by atoms with E-state index in [1.54, 1.807) is 6.07 Å². The van der Waals surface area contributed by atoms with Crippen LogP contribution in [0.15, 0.2) is 12.1 Å². The summed E-state index contributed by atoms with van der Waals surface area (Å²) in [7, 11) is -3.73. The molecule has 2 aromatic rings. The summed E-state index contributed by atoms with van der Waals surface area (Å²) in [6.07, 6.45) is -0.103. The average molecular weight is 346 g/mol. The predicted molar refractivity (Wildman–Crippen MR) is 83.2 cm³/mol. The van der Waals surface area contributed by atoms with Crippen molar-refractivity contribution in [3.05, 3.63) is 22.7 Å². The second-order valence-corrected chi connectivity index (χ2v) is 8.20. The maximum Gasteiger partial charge on any atom is 0.230 e. The van der Waals surface area contributed by atoms with Crippen LogP contribution in [0.2, 0.25) is 5.02 Å². The quantitative estimate of drug-likeness (QED) is 0.895. The lowest BCUT2D eigenvalue weighted by atomic mass is 10.2. The Morgan fingerprint density at radius 2 is 2.19 bits per heavy atom. The van der Waals surface area contributed by atoms with Gasteiger partial charge in [0.25, 0.3) is 0 Å². The second-order valence-electron chi connectivity index (χ2n) is 4.94. The highest BCUT2D eigenvalue weighted by atomic mass is 35.5. The number of halogens is 1. The molecule has 2 heterocycles. The zero-order valence-electron chi connectivity index (χ0n) is 11.0. The van der Waals surface area contributed by atoms with Crippen LogP contribution in [0.5, 0.6) is 0 Å². The first-order chi connectivity index (χ1) is 9.77. The van der Waals surface area contributed by atoms with E-state index in [0.29, 0.717) is 10.2 Å². The maximum absolute atomic E-state index is 12.0. The van der Waals surface area contributed by atoms with Crippen LogP contribution < -0.4 is 10.0 Å². The molecule has 1 aromatic heterocycles. The summed E-state index contributed by atoms with van der Waals surface area (Å²) in [6, 6.07) is 3.61. The monoisotopic (exact) mass is 345 g/mol. The van der Waals surface area contributed by atoms with Crippen LogP contribution >= 0.6 is 22.9 Å². The van der Waals surface area contributed by atoms with Gasteiger partial charge in [-0.2, -0.15) is 0 Å². The van der Waals surface area contributed by atoms with Gasteiger partial charge in [0.05, 0.1) is 10.2 Å². The van der Waals surface area contributed by atoms with Gasteiger partial charge in [0.1, 0.15) is 5.25 Å². The fraction of sp³-hybridized carbons (Fsp3) is 0.333. The Balaban J connectivity index is 2.02. The van der Waals surface area contributed by atoms with E-state index in [4.69, 9.17) is 16.7 Å². The van der Waals surface area contributed by atoms with Gasteiger partial charge in [0, 0.05) is 18.0 Å². The van der Waals surface area contributed by atoms with Gasteiger partial charge < -0.3 is 0 Å². The molecule has 1 saturated heterocycles. The van der Waals surface area contributed by atoms with E-state index in [-0.39, 0.29) is 18.9 Å². The van der Waals surface area contributed by atoms with Gasteiger partial charge in [-0.3, -0.25) is 9.69 Å². The van der Waals surface area contributed by atoms with Gasteiger partial charge in [0.15, 0.2) is 5.13 Å². The van der Waals surface area contributed by atoms with Gasteiger partial charge in [-0.05, 0) is 24.6 Å². The molecule has 1 fully saturated rings. The number of benzene rings is 1. The first-order valence-corrected chi connectivity index (χ1v) is 8.95. The smallest absolute Gasteiger partial charge is 0.230 e. The fourth-order valence-corrected chi connectivity index (χ4v) is 4.22. The van der Waals surface area contributed by atoms with Gasteiger partial charge in [-0.15, -0.1) is 0 Å². The summed E-state index contributed by atoms with van der Waals surface area (Å²) < 4.78 is 23.7. The lowest BCUT2D eigenvalue weighted by Gasteiger charge is -2.11. The lowest BCUT2D eigenvalue weighted by molar-refractivity contribution is -0.117. The van der Waals surface area contributed by atoms with Crippen LogP contribution in [0.3, 0.4) is 0 Å². The molecule has 1 amide bonds. The number of sulfonamides is 1. The minimum absolute atomic E-state index is 0.0459. The van der Waals surface area contributed by atoms with Gasteiger partial charge in [-0.1, -0.05) is 22.9 Å². The Morgan fingerprint density at radius 3 is 2.81 bits per heavy atom. The highest BCUT2D eigenvalue weighted by molar-refractivity contribution is 7.89. The summed E-state index contributed by atoms with van der Waals surface area (Å²) in [5, 5.41) is 5.33. The van der Waals surface area contributed by atoms with Crippen molar-refractivity contribution in [1.82, 2.24) is 4.98 Å². The zero-order valence-corrected chi connectivity index (χ0v) is 13.4. The third kappa shape index (κ3) is 2.52. The predicted octanol–water partition coefficient (Wildman–Crippen LogP) is 1.65. The van der Waals surface area contributed by atoms with Crippen LogP contribution in [-0.2, 0) is 14.8 Å². The molecule has 1 aromatic carbocycles. The molecule has 0 bridgehead atoms. The number of aromatic nitrogens is 1. The first kappa shape index (κ1) is 14.7. The van der Waals surface area contributed by atoms with E-state index in [2.05, 4.69) is 4.98 Å². The third-order valence-corrected chi connectivity index (χ3v) is 6.22. The molecule has 0 saturated carbocycles. The first-order valence-electron chi connectivity index (χ1n) is 6.15. The largest absolute Gasteiger partial charge is 0.287 e. The fourth-order valence-electron chi connectivity index (χ4n) is 2.28. The molecular formula is C12H12ClN3O3S2. The van der Waals surface area contributed by atoms with Crippen LogP contribution in [0, 0.1) is 6.92 Å². The molecule has 9 heteroatoms. The molecule has 112 valence electrons. The molecule has 0 aliphatic carbocycles. The van der Waals surface area contributed by atoms with Gasteiger partial charge >= 0.3 is 0 Å². The van der Waals surface area contributed by atoms with Crippen molar-refractivity contribution in [2.24, 2.45) is 5.14 Å². The number of anilines is 1. The minimum Gasteiger partial charge on any atom is -0.287 e. The second kappa shape index (κ2) is 4.91. The molecule has 3 rings (SSSR count). The molecule has 21 heavy (non-hydrogen) atoms. The van der Waals surface area contributed by atoms with E-state index in [9.17, 15) is 13.2 Å². The van der Waals surface area contributed by atoms with E-state index in [1.165, 1.54) is 16.2 Å². The Labute approximate surface area is 130 Å². The summed E-state index contributed by atoms with van der Waals surface area (Å²) in [5.74, 6) is -0.281. The Morgan fingerprint density at radius 1 is 1.48 bits per heavy atom. The van der Waals surface area contributed by atoms with Crippen molar-refractivity contribution in [2.45, 2.75) is 18.6 Å². The Kier molecular flexibility index (Phi) is 3.44. The molecular weight excluding hydrogens is 334 g/mol. The number of fused-ring (bicyclic) bond motifs is 1.